The first kappa shape index (κ1) is 27.0. The normalized spacial score (nSPS) is 18.7. The van der Waals surface area contributed by atoms with Crippen molar-refractivity contribution in [2.75, 3.05) is 26.7 Å². The summed E-state index contributed by atoms with van der Waals surface area (Å²) >= 11 is 0. The zero-order valence-electron chi connectivity index (χ0n) is 21.1. The molecule has 0 radical (unpaired) electrons. The largest absolute Gasteiger partial charge is 0.493 e. The Hall–Kier alpha value is -3.07. The van der Waals surface area contributed by atoms with E-state index in [0.29, 0.717) is 12.6 Å². The van der Waals surface area contributed by atoms with Crippen LogP contribution >= 0.6 is 0 Å². The molecule has 4 rings (SSSR count). The van der Waals surface area contributed by atoms with Gasteiger partial charge in [0.25, 0.3) is 5.91 Å². The van der Waals surface area contributed by atoms with E-state index in [2.05, 4.69) is 9.64 Å². The van der Waals surface area contributed by atoms with Gasteiger partial charge in [0.1, 0.15) is 11.6 Å². The molecular formula is C28H32F4N2O3. The molecular weight excluding hydrogens is 488 g/mol. The van der Waals surface area contributed by atoms with Gasteiger partial charge in [-0.3, -0.25) is 9.69 Å². The second-order valence-electron chi connectivity index (χ2n) is 9.70. The van der Waals surface area contributed by atoms with Crippen LogP contribution in [0.15, 0.2) is 42.0 Å². The molecule has 1 unspecified atom stereocenters. The van der Waals surface area contributed by atoms with Crippen LogP contribution in [0.25, 0.3) is 6.08 Å². The van der Waals surface area contributed by atoms with E-state index >= 15 is 0 Å². The number of likely N-dealkylation sites (tertiary alicyclic amines) is 1. The highest BCUT2D eigenvalue weighted by Crippen LogP contribution is 2.33. The van der Waals surface area contributed by atoms with Gasteiger partial charge in [0, 0.05) is 42.4 Å². The minimum absolute atomic E-state index is 0.0312. The van der Waals surface area contributed by atoms with Crippen molar-refractivity contribution in [3.05, 3.63) is 64.7 Å². The molecule has 9 heteroatoms. The van der Waals surface area contributed by atoms with E-state index in [4.69, 9.17) is 4.74 Å². The first-order chi connectivity index (χ1) is 17.7. The number of carbonyl (C=O) groups is 1. The van der Waals surface area contributed by atoms with E-state index in [-0.39, 0.29) is 41.1 Å². The lowest BCUT2D eigenvalue weighted by Crippen LogP contribution is -2.49. The lowest BCUT2D eigenvalue weighted by Gasteiger charge is -2.40. The van der Waals surface area contributed by atoms with Gasteiger partial charge in [-0.05, 0) is 69.5 Å². The number of alkyl halides is 2. The molecule has 0 N–H and O–H groups in total. The van der Waals surface area contributed by atoms with Crippen molar-refractivity contribution < 1.29 is 31.8 Å². The maximum absolute atomic E-state index is 14.2. The van der Waals surface area contributed by atoms with Gasteiger partial charge in [0.05, 0.1) is 7.11 Å². The lowest BCUT2D eigenvalue weighted by atomic mass is 9.91. The van der Waals surface area contributed by atoms with Crippen LogP contribution in [-0.4, -0.2) is 61.1 Å². The van der Waals surface area contributed by atoms with Crippen molar-refractivity contribution in [2.24, 2.45) is 0 Å². The van der Waals surface area contributed by atoms with E-state index < -0.39 is 18.2 Å². The molecule has 0 aromatic heterocycles. The fourth-order valence-electron chi connectivity index (χ4n) is 5.13. The van der Waals surface area contributed by atoms with Gasteiger partial charge in [-0.1, -0.05) is 18.1 Å². The number of hydrogen-bond donors (Lipinski definition) is 0. The highest BCUT2D eigenvalue weighted by Gasteiger charge is 2.35. The maximum atomic E-state index is 14.2. The minimum atomic E-state index is -3.02. The lowest BCUT2D eigenvalue weighted by molar-refractivity contribution is -0.0512. The molecule has 200 valence electrons. The summed E-state index contributed by atoms with van der Waals surface area (Å²) in [6.07, 6.45) is 7.18. The average Bonchev–Trinajstić information content (AvgIpc) is 3.26. The number of methoxy groups -OCH3 is 1. The molecule has 1 heterocycles. The number of nitrogens with zero attached hydrogens (tertiary/aromatic N) is 2. The summed E-state index contributed by atoms with van der Waals surface area (Å²) in [5, 5.41) is 0. The van der Waals surface area contributed by atoms with Crippen LogP contribution < -0.4 is 9.47 Å². The third-order valence-corrected chi connectivity index (χ3v) is 7.12. The SMILES string of the molecule is COc1cc(C(=O)N(CC(C)=Cc2ccc(F)cc2F)CC2CCCN2C2CCC2)ccc1OC(F)F. The fraction of sp³-hybridized carbons (Fsp3) is 0.464. The zero-order valence-corrected chi connectivity index (χ0v) is 21.1. The van der Waals surface area contributed by atoms with Gasteiger partial charge >= 0.3 is 6.61 Å². The van der Waals surface area contributed by atoms with Gasteiger partial charge in [0.15, 0.2) is 11.5 Å². The van der Waals surface area contributed by atoms with Crippen molar-refractivity contribution in [3.63, 3.8) is 0 Å². The van der Waals surface area contributed by atoms with Crippen LogP contribution in [0.3, 0.4) is 0 Å². The fourth-order valence-corrected chi connectivity index (χ4v) is 5.13. The second kappa shape index (κ2) is 12.0. The topological polar surface area (TPSA) is 42.0 Å². The van der Waals surface area contributed by atoms with Crippen LogP contribution in [0.5, 0.6) is 11.5 Å². The van der Waals surface area contributed by atoms with Crippen molar-refractivity contribution in [2.45, 2.75) is 57.7 Å². The predicted octanol–water partition coefficient (Wildman–Crippen LogP) is 6.14. The molecule has 0 spiro atoms. The minimum Gasteiger partial charge on any atom is -0.493 e. The Morgan fingerprint density at radius 2 is 1.89 bits per heavy atom. The number of carbonyl (C=O) groups excluding carboxylic acids is 1. The molecule has 0 bridgehead atoms. The Labute approximate surface area is 214 Å². The average molecular weight is 521 g/mol. The third kappa shape index (κ3) is 6.63. The first-order valence-electron chi connectivity index (χ1n) is 12.5. The molecule has 1 atom stereocenters. The summed E-state index contributed by atoms with van der Waals surface area (Å²) in [5.41, 5.74) is 1.22. The number of amides is 1. The van der Waals surface area contributed by atoms with Gasteiger partial charge < -0.3 is 14.4 Å². The molecule has 1 aliphatic carbocycles. The van der Waals surface area contributed by atoms with Gasteiger partial charge in [-0.25, -0.2) is 8.78 Å². The molecule has 2 aromatic rings. The smallest absolute Gasteiger partial charge is 0.387 e. The Morgan fingerprint density at radius 3 is 2.54 bits per heavy atom. The Balaban J connectivity index is 1.59. The quantitative estimate of drug-likeness (QED) is 0.353. The number of halogens is 4. The third-order valence-electron chi connectivity index (χ3n) is 7.12. The highest BCUT2D eigenvalue weighted by molar-refractivity contribution is 5.95. The molecule has 2 fully saturated rings. The number of ether oxygens (including phenoxy) is 2. The second-order valence-corrected chi connectivity index (χ2v) is 9.70. The summed E-state index contributed by atoms with van der Waals surface area (Å²) in [5.74, 6) is -1.76. The molecule has 1 aliphatic heterocycles. The summed E-state index contributed by atoms with van der Waals surface area (Å²) in [7, 11) is 1.32. The molecule has 5 nitrogen and oxygen atoms in total. The van der Waals surface area contributed by atoms with Crippen molar-refractivity contribution in [1.82, 2.24) is 9.80 Å². The summed E-state index contributed by atoms with van der Waals surface area (Å²) < 4.78 is 62.7. The van der Waals surface area contributed by atoms with Crippen LogP contribution in [0.1, 0.15) is 54.9 Å². The van der Waals surface area contributed by atoms with E-state index in [1.54, 1.807) is 17.9 Å². The monoisotopic (exact) mass is 520 g/mol. The standard InChI is InChI=1S/C28H32F4N2O3/c1-18(13-19-8-10-21(29)15-24(19)30)16-33(17-23-7-4-12-34(23)22-5-3-6-22)27(35)20-9-11-25(37-28(31)32)26(14-20)36-2/h8-11,13-15,22-23,28H,3-7,12,16-17H2,1-2H3. The summed E-state index contributed by atoms with van der Waals surface area (Å²) in [6, 6.07) is 8.25. The Kier molecular flexibility index (Phi) is 8.74. The molecule has 37 heavy (non-hydrogen) atoms. The maximum Gasteiger partial charge on any atom is 0.387 e. The van der Waals surface area contributed by atoms with Crippen LogP contribution in [0.4, 0.5) is 17.6 Å². The summed E-state index contributed by atoms with van der Waals surface area (Å²) in [6.45, 7) is 0.473. The zero-order chi connectivity index (χ0) is 26.5. The van der Waals surface area contributed by atoms with Crippen LogP contribution in [0, 0.1) is 11.6 Å². The molecule has 1 saturated heterocycles. The highest BCUT2D eigenvalue weighted by atomic mass is 19.3. The van der Waals surface area contributed by atoms with Crippen LogP contribution in [-0.2, 0) is 0 Å². The van der Waals surface area contributed by atoms with E-state index in [9.17, 15) is 22.4 Å². The molecule has 1 saturated carbocycles. The van der Waals surface area contributed by atoms with E-state index in [0.717, 1.165) is 43.9 Å². The Morgan fingerprint density at radius 1 is 1.11 bits per heavy atom. The number of benzene rings is 2. The molecule has 2 aromatic carbocycles. The summed E-state index contributed by atoms with van der Waals surface area (Å²) in [4.78, 5) is 17.9. The number of rotatable bonds is 10. The molecule has 1 amide bonds. The Bertz CT molecular complexity index is 1140. The van der Waals surface area contributed by atoms with Crippen LogP contribution in [0.2, 0.25) is 0 Å². The van der Waals surface area contributed by atoms with E-state index in [1.807, 2.05) is 0 Å². The van der Waals surface area contributed by atoms with Gasteiger partial charge in [-0.15, -0.1) is 0 Å². The predicted molar refractivity (Wildman–Crippen MR) is 133 cm³/mol. The first-order valence-corrected chi connectivity index (χ1v) is 12.5. The number of hydrogen-bond acceptors (Lipinski definition) is 4. The van der Waals surface area contributed by atoms with Crippen molar-refractivity contribution >= 4 is 12.0 Å². The van der Waals surface area contributed by atoms with Gasteiger partial charge in [0.2, 0.25) is 0 Å². The van der Waals surface area contributed by atoms with Crippen molar-refractivity contribution in [1.29, 1.82) is 0 Å². The van der Waals surface area contributed by atoms with Gasteiger partial charge in [-0.2, -0.15) is 8.78 Å². The van der Waals surface area contributed by atoms with Crippen molar-refractivity contribution in [3.8, 4) is 11.5 Å². The molecule has 2 aliphatic rings. The van der Waals surface area contributed by atoms with E-state index in [1.165, 1.54) is 43.9 Å².